The summed E-state index contributed by atoms with van der Waals surface area (Å²) in [5.74, 6) is 0.580. The predicted octanol–water partition coefficient (Wildman–Crippen LogP) is 0.438. The second-order valence-electron chi connectivity index (χ2n) is 4.21. The predicted molar refractivity (Wildman–Crippen MR) is 73.0 cm³/mol. The Bertz CT molecular complexity index is 525. The summed E-state index contributed by atoms with van der Waals surface area (Å²) in [6, 6.07) is 14.1. The van der Waals surface area contributed by atoms with Crippen LogP contribution in [0.1, 0.15) is 11.1 Å². The molecule has 5 heteroatoms. The van der Waals surface area contributed by atoms with Crippen LogP contribution in [0.4, 0.5) is 0 Å². The third-order valence-corrected chi connectivity index (χ3v) is 2.77. The molecule has 0 aromatic heterocycles. The van der Waals surface area contributed by atoms with Crippen LogP contribution in [0.3, 0.4) is 0 Å². The molecule has 0 fully saturated rings. The van der Waals surface area contributed by atoms with E-state index in [4.69, 9.17) is 19.9 Å². The average molecular weight is 258 g/mol. The van der Waals surface area contributed by atoms with Crippen molar-refractivity contribution in [1.29, 1.82) is 0 Å². The minimum absolute atomic E-state index is 0.0254. The Hall–Kier alpha value is -1.82. The van der Waals surface area contributed by atoms with Crippen LogP contribution in [0.2, 0.25) is 0 Å². The third kappa shape index (κ3) is 3.82. The highest BCUT2D eigenvalue weighted by Crippen LogP contribution is 2.12. The van der Waals surface area contributed by atoms with Gasteiger partial charge in [0.25, 0.3) is 0 Å². The van der Waals surface area contributed by atoms with Crippen molar-refractivity contribution < 1.29 is 19.9 Å². The Balaban J connectivity index is 1.99. The minimum atomic E-state index is -1.49. The van der Waals surface area contributed by atoms with E-state index in [1.54, 1.807) is 24.3 Å². The molecule has 0 aliphatic rings. The largest absolute Gasteiger partial charge is 0.489 e. The van der Waals surface area contributed by atoms with Gasteiger partial charge < -0.3 is 19.9 Å². The zero-order valence-corrected chi connectivity index (χ0v) is 10.4. The molecule has 3 N–H and O–H groups in total. The van der Waals surface area contributed by atoms with E-state index in [0.29, 0.717) is 17.8 Å². The van der Waals surface area contributed by atoms with E-state index in [1.807, 2.05) is 24.3 Å². The summed E-state index contributed by atoms with van der Waals surface area (Å²) in [6.45, 7) is 0.411. The summed E-state index contributed by atoms with van der Waals surface area (Å²) in [4.78, 5) is 0. The Morgan fingerprint density at radius 3 is 2.26 bits per heavy atom. The van der Waals surface area contributed by atoms with Gasteiger partial charge in [0.1, 0.15) is 12.4 Å². The van der Waals surface area contributed by atoms with Crippen molar-refractivity contribution in [2.75, 3.05) is 0 Å². The van der Waals surface area contributed by atoms with Crippen molar-refractivity contribution >= 4 is 12.6 Å². The van der Waals surface area contributed by atoms with Gasteiger partial charge in [-0.3, -0.25) is 0 Å². The van der Waals surface area contributed by atoms with Crippen molar-refractivity contribution in [2.45, 2.75) is 13.2 Å². The second kappa shape index (κ2) is 6.38. The van der Waals surface area contributed by atoms with E-state index >= 15 is 0 Å². The minimum Gasteiger partial charge on any atom is -0.489 e. The Morgan fingerprint density at radius 2 is 1.63 bits per heavy atom. The number of hydrogen-bond donors (Lipinski definition) is 3. The standard InChI is InChI=1S/C14H15BO4/c16-9-11-4-6-12(7-5-11)10-19-14-3-1-2-13(8-14)15(17)18/h1-8,16-18H,9-10H2. The van der Waals surface area contributed by atoms with Gasteiger partial charge in [0.2, 0.25) is 0 Å². The highest BCUT2D eigenvalue weighted by molar-refractivity contribution is 6.58. The first-order valence-electron chi connectivity index (χ1n) is 5.96. The van der Waals surface area contributed by atoms with Gasteiger partial charge in [-0.1, -0.05) is 36.4 Å². The molecule has 0 amide bonds. The molecule has 0 aliphatic heterocycles. The van der Waals surface area contributed by atoms with Crippen molar-refractivity contribution in [2.24, 2.45) is 0 Å². The first kappa shape index (κ1) is 13.6. The fraction of sp³-hybridized carbons (Fsp3) is 0.143. The molecule has 19 heavy (non-hydrogen) atoms. The number of aliphatic hydroxyl groups excluding tert-OH is 1. The lowest BCUT2D eigenvalue weighted by Crippen LogP contribution is -2.29. The van der Waals surface area contributed by atoms with Gasteiger partial charge in [0.05, 0.1) is 6.61 Å². The number of ether oxygens (including phenoxy) is 1. The summed E-state index contributed by atoms with van der Waals surface area (Å²) in [5, 5.41) is 27.1. The first-order valence-corrected chi connectivity index (χ1v) is 5.96. The van der Waals surface area contributed by atoms with E-state index in [-0.39, 0.29) is 6.61 Å². The smallest absolute Gasteiger partial charge is 0.488 e. The van der Waals surface area contributed by atoms with E-state index in [2.05, 4.69) is 0 Å². The number of hydrogen-bond acceptors (Lipinski definition) is 4. The van der Waals surface area contributed by atoms with Gasteiger partial charge in [0, 0.05) is 0 Å². The fourth-order valence-electron chi connectivity index (χ4n) is 1.67. The monoisotopic (exact) mass is 258 g/mol. The maximum atomic E-state index is 9.07. The molecule has 0 unspecified atom stereocenters. The lowest BCUT2D eigenvalue weighted by Gasteiger charge is -2.08. The van der Waals surface area contributed by atoms with Gasteiger partial charge in [-0.05, 0) is 28.7 Å². The molecular formula is C14H15BO4. The molecule has 0 radical (unpaired) electrons. The summed E-state index contributed by atoms with van der Waals surface area (Å²) in [5.41, 5.74) is 2.23. The second-order valence-corrected chi connectivity index (χ2v) is 4.21. The van der Waals surface area contributed by atoms with E-state index in [0.717, 1.165) is 11.1 Å². The number of benzene rings is 2. The first-order chi connectivity index (χ1) is 9.19. The average Bonchev–Trinajstić information content (AvgIpc) is 2.46. The van der Waals surface area contributed by atoms with Crippen LogP contribution in [-0.4, -0.2) is 22.3 Å². The van der Waals surface area contributed by atoms with Crippen LogP contribution in [0.15, 0.2) is 48.5 Å². The number of rotatable bonds is 5. The molecule has 0 atom stereocenters. The Kier molecular flexibility index (Phi) is 4.57. The van der Waals surface area contributed by atoms with Crippen molar-refractivity contribution in [3.8, 4) is 5.75 Å². The molecule has 0 saturated carbocycles. The molecular weight excluding hydrogens is 243 g/mol. The molecule has 0 bridgehead atoms. The van der Waals surface area contributed by atoms with E-state index < -0.39 is 7.12 Å². The third-order valence-electron chi connectivity index (χ3n) is 2.77. The van der Waals surface area contributed by atoms with Crippen molar-refractivity contribution in [1.82, 2.24) is 0 Å². The molecule has 2 aromatic rings. The Labute approximate surface area is 112 Å². The maximum absolute atomic E-state index is 9.07. The van der Waals surface area contributed by atoms with Crippen molar-refractivity contribution in [3.05, 3.63) is 59.7 Å². The summed E-state index contributed by atoms with van der Waals surface area (Å²) in [7, 11) is -1.49. The highest BCUT2D eigenvalue weighted by atomic mass is 16.5. The van der Waals surface area contributed by atoms with Gasteiger partial charge in [-0.15, -0.1) is 0 Å². The van der Waals surface area contributed by atoms with Crippen LogP contribution >= 0.6 is 0 Å². The zero-order chi connectivity index (χ0) is 13.7. The van der Waals surface area contributed by atoms with Crippen LogP contribution in [-0.2, 0) is 13.2 Å². The summed E-state index contributed by atoms with van der Waals surface area (Å²) < 4.78 is 5.57. The molecule has 2 aromatic carbocycles. The SMILES string of the molecule is OCc1ccc(COc2cccc(B(O)O)c2)cc1. The highest BCUT2D eigenvalue weighted by Gasteiger charge is 2.10. The molecule has 0 saturated heterocycles. The van der Waals surface area contributed by atoms with Gasteiger partial charge in [0.15, 0.2) is 0 Å². The number of aliphatic hydroxyl groups is 1. The molecule has 2 rings (SSSR count). The van der Waals surface area contributed by atoms with Gasteiger partial charge in [-0.2, -0.15) is 0 Å². The van der Waals surface area contributed by atoms with Gasteiger partial charge in [-0.25, -0.2) is 0 Å². The lowest BCUT2D eigenvalue weighted by molar-refractivity contribution is 0.281. The molecule has 0 spiro atoms. The van der Waals surface area contributed by atoms with Gasteiger partial charge >= 0.3 is 7.12 Å². The van der Waals surface area contributed by atoms with E-state index in [1.165, 1.54) is 0 Å². The van der Waals surface area contributed by atoms with Crippen LogP contribution < -0.4 is 10.2 Å². The summed E-state index contributed by atoms with van der Waals surface area (Å²) in [6.07, 6.45) is 0. The lowest BCUT2D eigenvalue weighted by atomic mass is 9.80. The Morgan fingerprint density at radius 1 is 0.947 bits per heavy atom. The molecule has 98 valence electrons. The zero-order valence-electron chi connectivity index (χ0n) is 10.4. The fourth-order valence-corrected chi connectivity index (χ4v) is 1.67. The quantitative estimate of drug-likeness (QED) is 0.680. The topological polar surface area (TPSA) is 69.9 Å². The molecule has 0 heterocycles. The van der Waals surface area contributed by atoms with E-state index in [9.17, 15) is 0 Å². The molecule has 4 nitrogen and oxygen atoms in total. The summed E-state index contributed by atoms with van der Waals surface area (Å²) >= 11 is 0. The van der Waals surface area contributed by atoms with Crippen LogP contribution in [0.5, 0.6) is 5.75 Å². The van der Waals surface area contributed by atoms with Crippen LogP contribution in [0.25, 0.3) is 0 Å². The van der Waals surface area contributed by atoms with Crippen LogP contribution in [0, 0.1) is 0 Å². The maximum Gasteiger partial charge on any atom is 0.488 e. The van der Waals surface area contributed by atoms with Crippen molar-refractivity contribution in [3.63, 3.8) is 0 Å². The normalized spacial score (nSPS) is 10.3. The molecule has 0 aliphatic carbocycles.